The lowest BCUT2D eigenvalue weighted by atomic mass is 10.2. The van der Waals surface area contributed by atoms with Gasteiger partial charge in [-0.2, -0.15) is 0 Å². The SMILES string of the molecule is COc1ncnc2ccc(N3CCN(CCn4ccccc4=O)CC3)cc12. The summed E-state index contributed by atoms with van der Waals surface area (Å²) < 4.78 is 7.13. The van der Waals surface area contributed by atoms with Crippen LogP contribution < -0.4 is 15.2 Å². The first-order chi connectivity index (χ1) is 13.2. The first kappa shape index (κ1) is 17.5. The fourth-order valence-corrected chi connectivity index (χ4v) is 3.50. The molecule has 0 atom stereocenters. The Morgan fingerprint density at radius 3 is 2.67 bits per heavy atom. The average molecular weight is 365 g/mol. The lowest BCUT2D eigenvalue weighted by Gasteiger charge is -2.36. The molecule has 0 amide bonds. The van der Waals surface area contributed by atoms with Crippen LogP contribution in [-0.4, -0.2) is 59.3 Å². The number of nitrogens with zero attached hydrogens (tertiary/aromatic N) is 5. The molecule has 0 bridgehead atoms. The molecule has 1 saturated heterocycles. The average Bonchev–Trinajstić information content (AvgIpc) is 2.73. The molecule has 7 heteroatoms. The van der Waals surface area contributed by atoms with Gasteiger partial charge in [0.2, 0.25) is 5.88 Å². The highest BCUT2D eigenvalue weighted by molar-refractivity contribution is 5.86. The summed E-state index contributed by atoms with van der Waals surface area (Å²) in [6.45, 7) is 5.46. The molecule has 4 rings (SSSR count). The van der Waals surface area contributed by atoms with E-state index in [9.17, 15) is 4.79 Å². The van der Waals surface area contributed by atoms with E-state index >= 15 is 0 Å². The van der Waals surface area contributed by atoms with E-state index < -0.39 is 0 Å². The number of fused-ring (bicyclic) bond motifs is 1. The van der Waals surface area contributed by atoms with Gasteiger partial charge in [-0.05, 0) is 24.3 Å². The lowest BCUT2D eigenvalue weighted by Crippen LogP contribution is -2.47. The van der Waals surface area contributed by atoms with Crippen molar-refractivity contribution in [3.8, 4) is 5.88 Å². The Labute approximate surface area is 157 Å². The van der Waals surface area contributed by atoms with E-state index in [2.05, 4.69) is 31.9 Å². The maximum Gasteiger partial charge on any atom is 0.250 e. The van der Waals surface area contributed by atoms with Gasteiger partial charge < -0.3 is 14.2 Å². The highest BCUT2D eigenvalue weighted by atomic mass is 16.5. The van der Waals surface area contributed by atoms with Gasteiger partial charge >= 0.3 is 0 Å². The van der Waals surface area contributed by atoms with E-state index in [1.54, 1.807) is 23.8 Å². The monoisotopic (exact) mass is 365 g/mol. The standard InChI is InChI=1S/C20H23N5O2/c1-27-20-17-14-16(5-6-18(17)21-15-22-20)24-11-8-23(9-12-24)10-13-25-7-3-2-4-19(25)26/h2-7,14-15H,8-13H2,1H3. The van der Waals surface area contributed by atoms with Crippen LogP contribution in [0.15, 0.2) is 53.7 Å². The number of benzene rings is 1. The quantitative estimate of drug-likeness (QED) is 0.685. The van der Waals surface area contributed by atoms with Gasteiger partial charge in [0.25, 0.3) is 5.56 Å². The summed E-state index contributed by atoms with van der Waals surface area (Å²) in [5.74, 6) is 0.605. The Kier molecular flexibility index (Phi) is 5.02. The first-order valence-corrected chi connectivity index (χ1v) is 9.16. The van der Waals surface area contributed by atoms with Crippen molar-refractivity contribution in [3.63, 3.8) is 0 Å². The summed E-state index contributed by atoms with van der Waals surface area (Å²) in [7, 11) is 1.63. The van der Waals surface area contributed by atoms with Gasteiger partial charge in [0, 0.05) is 57.2 Å². The van der Waals surface area contributed by atoms with Crippen LogP contribution in [0.3, 0.4) is 0 Å². The Bertz CT molecular complexity index is 979. The zero-order valence-electron chi connectivity index (χ0n) is 15.4. The minimum absolute atomic E-state index is 0.0588. The zero-order valence-corrected chi connectivity index (χ0v) is 15.4. The molecule has 0 spiro atoms. The number of aromatic nitrogens is 3. The fourth-order valence-electron chi connectivity index (χ4n) is 3.50. The molecular weight excluding hydrogens is 342 g/mol. The number of rotatable bonds is 5. The Balaban J connectivity index is 1.40. The van der Waals surface area contributed by atoms with Crippen LogP contribution >= 0.6 is 0 Å². The molecule has 3 aromatic rings. The van der Waals surface area contributed by atoms with Crippen LogP contribution in [0.25, 0.3) is 10.9 Å². The van der Waals surface area contributed by atoms with E-state index in [4.69, 9.17) is 4.74 Å². The van der Waals surface area contributed by atoms with Crippen molar-refractivity contribution in [2.24, 2.45) is 0 Å². The Morgan fingerprint density at radius 2 is 1.89 bits per heavy atom. The number of hydrogen-bond donors (Lipinski definition) is 0. The van der Waals surface area contributed by atoms with Gasteiger partial charge in [-0.3, -0.25) is 9.69 Å². The summed E-state index contributed by atoms with van der Waals surface area (Å²) in [5.41, 5.74) is 2.11. The van der Waals surface area contributed by atoms with Gasteiger partial charge in [0.05, 0.1) is 18.0 Å². The number of piperazine rings is 1. The molecule has 3 heterocycles. The van der Waals surface area contributed by atoms with Crippen molar-refractivity contribution in [2.75, 3.05) is 44.7 Å². The number of methoxy groups -OCH3 is 1. The molecule has 2 aromatic heterocycles. The predicted molar refractivity (Wildman–Crippen MR) is 105 cm³/mol. The van der Waals surface area contributed by atoms with Gasteiger partial charge in [-0.15, -0.1) is 0 Å². The van der Waals surface area contributed by atoms with E-state index in [-0.39, 0.29) is 5.56 Å². The van der Waals surface area contributed by atoms with Crippen LogP contribution in [-0.2, 0) is 6.54 Å². The second kappa shape index (κ2) is 7.75. The lowest BCUT2D eigenvalue weighted by molar-refractivity contribution is 0.247. The van der Waals surface area contributed by atoms with Crippen LogP contribution in [0.2, 0.25) is 0 Å². The molecule has 1 fully saturated rings. The molecular formula is C20H23N5O2. The molecule has 27 heavy (non-hydrogen) atoms. The molecule has 1 aliphatic rings. The minimum atomic E-state index is 0.0588. The third-order valence-corrected chi connectivity index (χ3v) is 5.07. The van der Waals surface area contributed by atoms with E-state index in [1.807, 2.05) is 18.3 Å². The summed E-state index contributed by atoms with van der Waals surface area (Å²) in [5, 5.41) is 0.934. The molecule has 0 radical (unpaired) electrons. The Morgan fingerprint density at radius 1 is 1.04 bits per heavy atom. The predicted octanol–water partition coefficient (Wildman–Crippen LogP) is 1.62. The second-order valence-electron chi connectivity index (χ2n) is 6.65. The van der Waals surface area contributed by atoms with Gasteiger partial charge in [-0.1, -0.05) is 6.07 Å². The first-order valence-electron chi connectivity index (χ1n) is 9.16. The maximum absolute atomic E-state index is 11.8. The molecule has 1 aliphatic heterocycles. The largest absolute Gasteiger partial charge is 0.480 e. The summed E-state index contributed by atoms with van der Waals surface area (Å²) in [6, 6.07) is 11.5. The molecule has 0 N–H and O–H groups in total. The van der Waals surface area contributed by atoms with Gasteiger partial charge in [0.1, 0.15) is 6.33 Å². The minimum Gasteiger partial charge on any atom is -0.480 e. The van der Waals surface area contributed by atoms with Crippen LogP contribution in [0.5, 0.6) is 5.88 Å². The number of pyridine rings is 1. The van der Waals surface area contributed by atoms with Crippen molar-refractivity contribution < 1.29 is 4.74 Å². The van der Waals surface area contributed by atoms with Crippen molar-refractivity contribution in [1.29, 1.82) is 0 Å². The van der Waals surface area contributed by atoms with Crippen LogP contribution in [0.4, 0.5) is 5.69 Å². The summed E-state index contributed by atoms with van der Waals surface area (Å²) in [6.07, 6.45) is 3.38. The van der Waals surface area contributed by atoms with Crippen molar-refractivity contribution in [2.45, 2.75) is 6.54 Å². The molecule has 7 nitrogen and oxygen atoms in total. The molecule has 0 saturated carbocycles. The summed E-state index contributed by atoms with van der Waals surface area (Å²) >= 11 is 0. The van der Waals surface area contributed by atoms with Crippen LogP contribution in [0, 0.1) is 0 Å². The maximum atomic E-state index is 11.8. The highest BCUT2D eigenvalue weighted by Gasteiger charge is 2.18. The molecule has 0 aliphatic carbocycles. The highest BCUT2D eigenvalue weighted by Crippen LogP contribution is 2.27. The van der Waals surface area contributed by atoms with Crippen molar-refractivity contribution in [3.05, 3.63) is 59.3 Å². The third kappa shape index (κ3) is 3.78. The molecule has 0 unspecified atom stereocenters. The summed E-state index contributed by atoms with van der Waals surface area (Å²) in [4.78, 5) is 25.1. The number of anilines is 1. The number of hydrogen-bond acceptors (Lipinski definition) is 6. The normalized spacial score (nSPS) is 15.2. The smallest absolute Gasteiger partial charge is 0.250 e. The van der Waals surface area contributed by atoms with Gasteiger partial charge in [0.15, 0.2) is 0 Å². The zero-order chi connectivity index (χ0) is 18.6. The van der Waals surface area contributed by atoms with E-state index in [0.29, 0.717) is 5.88 Å². The second-order valence-corrected chi connectivity index (χ2v) is 6.65. The fraction of sp³-hybridized carbons (Fsp3) is 0.350. The number of ether oxygens (including phenoxy) is 1. The van der Waals surface area contributed by atoms with E-state index in [0.717, 1.165) is 55.9 Å². The molecule has 140 valence electrons. The van der Waals surface area contributed by atoms with E-state index in [1.165, 1.54) is 6.33 Å². The Hall–Kier alpha value is -2.93. The third-order valence-electron chi connectivity index (χ3n) is 5.07. The van der Waals surface area contributed by atoms with Gasteiger partial charge in [-0.25, -0.2) is 9.97 Å². The molecule has 1 aromatic carbocycles. The van der Waals surface area contributed by atoms with Crippen LogP contribution in [0.1, 0.15) is 0 Å². The topological polar surface area (TPSA) is 63.5 Å². The van der Waals surface area contributed by atoms with Crippen molar-refractivity contribution >= 4 is 16.6 Å². The van der Waals surface area contributed by atoms with Crippen molar-refractivity contribution in [1.82, 2.24) is 19.4 Å².